The second-order valence-corrected chi connectivity index (χ2v) is 7.90. The topological polar surface area (TPSA) is 63.1 Å². The van der Waals surface area contributed by atoms with Crippen molar-refractivity contribution in [3.8, 4) is 11.1 Å². The minimum absolute atomic E-state index is 0.508. The first-order chi connectivity index (χ1) is 11.5. The number of aromatic nitrogens is 2. The van der Waals surface area contributed by atoms with Gasteiger partial charge >= 0.3 is 5.97 Å². The summed E-state index contributed by atoms with van der Waals surface area (Å²) >= 11 is 2.95. The largest absolute Gasteiger partial charge is 0.480 e. The smallest absolute Gasteiger partial charge is 0.317 e. The number of thioether (sulfide) groups is 1. The zero-order valence-electron chi connectivity index (χ0n) is 13.7. The van der Waals surface area contributed by atoms with E-state index < -0.39 is 11.2 Å². The predicted octanol–water partition coefficient (Wildman–Crippen LogP) is 4.93. The Morgan fingerprint density at radius 1 is 1.25 bits per heavy atom. The van der Waals surface area contributed by atoms with E-state index in [4.69, 9.17) is 0 Å². The van der Waals surface area contributed by atoms with Crippen LogP contribution >= 0.6 is 23.1 Å². The number of aliphatic carboxylic acids is 1. The SMILES string of the molecule is CCC(Sc1nc(C)nc2sc(C)c(-c3ccccc3)c12)C(=O)O. The van der Waals surface area contributed by atoms with Crippen LogP contribution in [0.5, 0.6) is 0 Å². The zero-order valence-corrected chi connectivity index (χ0v) is 15.4. The van der Waals surface area contributed by atoms with Crippen molar-refractivity contribution in [1.82, 2.24) is 9.97 Å². The van der Waals surface area contributed by atoms with Gasteiger partial charge in [0.2, 0.25) is 0 Å². The summed E-state index contributed by atoms with van der Waals surface area (Å²) in [6.45, 7) is 5.81. The molecule has 1 N–H and O–H groups in total. The van der Waals surface area contributed by atoms with Crippen LogP contribution in [0.1, 0.15) is 24.0 Å². The molecule has 0 aliphatic heterocycles. The van der Waals surface area contributed by atoms with Gasteiger partial charge in [0.1, 0.15) is 20.9 Å². The van der Waals surface area contributed by atoms with Crippen LogP contribution in [0.25, 0.3) is 21.3 Å². The van der Waals surface area contributed by atoms with E-state index in [1.807, 2.05) is 32.0 Å². The molecule has 6 heteroatoms. The maximum Gasteiger partial charge on any atom is 0.317 e. The molecule has 124 valence electrons. The number of hydrogen-bond acceptors (Lipinski definition) is 5. The first-order valence-corrected chi connectivity index (χ1v) is 9.43. The van der Waals surface area contributed by atoms with Gasteiger partial charge in [0.05, 0.1) is 5.39 Å². The molecule has 0 spiro atoms. The van der Waals surface area contributed by atoms with Gasteiger partial charge in [-0.15, -0.1) is 11.3 Å². The summed E-state index contributed by atoms with van der Waals surface area (Å²) in [4.78, 5) is 22.7. The number of carbonyl (C=O) groups is 1. The molecule has 24 heavy (non-hydrogen) atoms. The van der Waals surface area contributed by atoms with Crippen LogP contribution < -0.4 is 0 Å². The Balaban J connectivity index is 2.23. The zero-order chi connectivity index (χ0) is 17.3. The number of rotatable bonds is 5. The molecule has 0 amide bonds. The van der Waals surface area contributed by atoms with Crippen LogP contribution in [0.2, 0.25) is 0 Å². The van der Waals surface area contributed by atoms with Crippen molar-refractivity contribution in [3.63, 3.8) is 0 Å². The van der Waals surface area contributed by atoms with Crippen LogP contribution in [0.3, 0.4) is 0 Å². The predicted molar refractivity (Wildman–Crippen MR) is 99.9 cm³/mol. The Morgan fingerprint density at radius 3 is 2.58 bits per heavy atom. The van der Waals surface area contributed by atoms with Gasteiger partial charge in [-0.2, -0.15) is 0 Å². The van der Waals surface area contributed by atoms with Crippen LogP contribution in [0.4, 0.5) is 0 Å². The lowest BCUT2D eigenvalue weighted by Gasteiger charge is -2.11. The average Bonchev–Trinajstić information content (AvgIpc) is 2.88. The summed E-state index contributed by atoms with van der Waals surface area (Å²) in [5.41, 5.74) is 2.22. The molecule has 1 atom stereocenters. The minimum atomic E-state index is -0.805. The second kappa shape index (κ2) is 6.91. The molecule has 3 rings (SSSR count). The molecule has 2 aromatic heterocycles. The van der Waals surface area contributed by atoms with Crippen LogP contribution in [-0.4, -0.2) is 26.3 Å². The Hall–Kier alpha value is -1.92. The molecular weight excluding hydrogens is 340 g/mol. The quantitative estimate of drug-likeness (QED) is 0.517. The second-order valence-electron chi connectivity index (χ2n) is 5.51. The first-order valence-electron chi connectivity index (χ1n) is 7.73. The van der Waals surface area contributed by atoms with Crippen molar-refractivity contribution < 1.29 is 9.90 Å². The number of carboxylic acids is 1. The van der Waals surface area contributed by atoms with Crippen molar-refractivity contribution >= 4 is 39.3 Å². The Morgan fingerprint density at radius 2 is 1.96 bits per heavy atom. The lowest BCUT2D eigenvalue weighted by molar-refractivity contribution is -0.136. The van der Waals surface area contributed by atoms with E-state index >= 15 is 0 Å². The van der Waals surface area contributed by atoms with Crippen molar-refractivity contribution in [1.29, 1.82) is 0 Å². The lowest BCUT2D eigenvalue weighted by atomic mass is 10.0. The highest BCUT2D eigenvalue weighted by Crippen LogP contribution is 2.42. The van der Waals surface area contributed by atoms with E-state index in [2.05, 4.69) is 29.0 Å². The van der Waals surface area contributed by atoms with Gasteiger partial charge in [0.25, 0.3) is 0 Å². The highest BCUT2D eigenvalue weighted by Gasteiger charge is 2.23. The van der Waals surface area contributed by atoms with Gasteiger partial charge in [-0.1, -0.05) is 49.0 Å². The third-order valence-corrected chi connectivity index (χ3v) is 6.11. The van der Waals surface area contributed by atoms with Crippen molar-refractivity contribution in [2.24, 2.45) is 0 Å². The molecule has 2 heterocycles. The van der Waals surface area contributed by atoms with Crippen molar-refractivity contribution in [2.45, 2.75) is 37.5 Å². The van der Waals surface area contributed by atoms with Crippen molar-refractivity contribution in [2.75, 3.05) is 0 Å². The van der Waals surface area contributed by atoms with Crippen molar-refractivity contribution in [3.05, 3.63) is 41.0 Å². The average molecular weight is 358 g/mol. The van der Waals surface area contributed by atoms with E-state index in [1.165, 1.54) is 16.6 Å². The molecule has 0 bridgehead atoms. The number of benzene rings is 1. The fraction of sp³-hybridized carbons (Fsp3) is 0.278. The number of thiophene rings is 1. The normalized spacial score (nSPS) is 12.5. The molecule has 4 nitrogen and oxygen atoms in total. The molecule has 0 fully saturated rings. The van der Waals surface area contributed by atoms with E-state index in [0.717, 1.165) is 26.4 Å². The van der Waals surface area contributed by atoms with Crippen LogP contribution in [-0.2, 0) is 4.79 Å². The summed E-state index contributed by atoms with van der Waals surface area (Å²) in [6, 6.07) is 10.1. The monoisotopic (exact) mass is 358 g/mol. The lowest BCUT2D eigenvalue weighted by Crippen LogP contribution is -2.15. The number of fused-ring (bicyclic) bond motifs is 1. The van der Waals surface area contributed by atoms with E-state index in [9.17, 15) is 9.90 Å². The molecule has 0 aliphatic carbocycles. The van der Waals surface area contributed by atoms with Crippen LogP contribution in [0.15, 0.2) is 35.4 Å². The maximum atomic E-state index is 11.5. The highest BCUT2D eigenvalue weighted by molar-refractivity contribution is 8.00. The fourth-order valence-electron chi connectivity index (χ4n) is 2.66. The summed E-state index contributed by atoms with van der Waals surface area (Å²) in [5, 5.41) is 10.6. The molecule has 3 aromatic rings. The molecule has 1 unspecified atom stereocenters. The van der Waals surface area contributed by atoms with E-state index in [-0.39, 0.29) is 0 Å². The number of nitrogens with zero attached hydrogens (tertiary/aromatic N) is 2. The van der Waals surface area contributed by atoms with Gasteiger partial charge in [-0.05, 0) is 25.8 Å². The molecule has 1 aromatic carbocycles. The summed E-state index contributed by atoms with van der Waals surface area (Å²) in [7, 11) is 0. The third-order valence-electron chi connectivity index (χ3n) is 3.77. The fourth-order valence-corrected chi connectivity index (χ4v) is 4.86. The first kappa shape index (κ1) is 16.9. The highest BCUT2D eigenvalue weighted by atomic mass is 32.2. The molecule has 0 saturated heterocycles. The standard InChI is InChI=1S/C18H18N2O2S2/c1-4-13(18(21)22)24-17-15-14(12-8-6-5-7-9-12)10(2)23-16(15)19-11(3)20-17/h5-9,13H,4H2,1-3H3,(H,21,22). The molecule has 0 saturated carbocycles. The van der Waals surface area contributed by atoms with Gasteiger partial charge < -0.3 is 5.11 Å². The Labute approximate surface area is 149 Å². The maximum absolute atomic E-state index is 11.5. The molecule has 0 radical (unpaired) electrons. The van der Waals surface area contributed by atoms with Gasteiger partial charge in [0.15, 0.2) is 0 Å². The Kier molecular flexibility index (Phi) is 4.87. The Bertz CT molecular complexity index is 891. The number of carboxylic acid groups (broad SMARTS) is 1. The number of hydrogen-bond donors (Lipinski definition) is 1. The molecule has 0 aliphatic rings. The van der Waals surface area contributed by atoms with Gasteiger partial charge in [0, 0.05) is 10.4 Å². The summed E-state index contributed by atoms with van der Waals surface area (Å²) in [5.74, 6) is -0.133. The van der Waals surface area contributed by atoms with E-state index in [0.29, 0.717) is 12.2 Å². The van der Waals surface area contributed by atoms with Crippen LogP contribution in [0, 0.1) is 13.8 Å². The summed E-state index contributed by atoms with van der Waals surface area (Å²) < 4.78 is 0. The van der Waals surface area contributed by atoms with Gasteiger partial charge in [-0.25, -0.2) is 9.97 Å². The van der Waals surface area contributed by atoms with E-state index in [1.54, 1.807) is 11.3 Å². The minimum Gasteiger partial charge on any atom is -0.480 e. The summed E-state index contributed by atoms with van der Waals surface area (Å²) in [6.07, 6.45) is 0.550. The van der Waals surface area contributed by atoms with Gasteiger partial charge in [-0.3, -0.25) is 4.79 Å². The third kappa shape index (κ3) is 3.16. The number of aryl methyl sites for hydroxylation is 2. The molecular formula is C18H18N2O2S2.